The Hall–Kier alpha value is -1.13. The molecule has 0 heterocycles. The summed E-state index contributed by atoms with van der Waals surface area (Å²) in [5.74, 6) is -6.27. The lowest BCUT2D eigenvalue weighted by Gasteiger charge is -2.24. The summed E-state index contributed by atoms with van der Waals surface area (Å²) in [7, 11) is 0. The van der Waals surface area contributed by atoms with Gasteiger partial charge in [0.05, 0.1) is 26.2 Å². The van der Waals surface area contributed by atoms with E-state index in [1.807, 2.05) is 0 Å². The van der Waals surface area contributed by atoms with Crippen LogP contribution >= 0.6 is 0 Å². The second-order valence-electron chi connectivity index (χ2n) is 4.71. The van der Waals surface area contributed by atoms with Gasteiger partial charge in [0.1, 0.15) is 0 Å². The molecule has 0 atom stereocenters. The van der Waals surface area contributed by atoms with Crippen LogP contribution in [0.1, 0.15) is 12.8 Å². The van der Waals surface area contributed by atoms with Crippen LogP contribution in [-0.2, 0) is 0 Å². The van der Waals surface area contributed by atoms with Crippen molar-refractivity contribution in [3.05, 3.63) is 0 Å². The normalized spacial score (nSPS) is 12.5. The Morgan fingerprint density at radius 1 is 1.10 bits per heavy atom. The van der Waals surface area contributed by atoms with Gasteiger partial charge < -0.3 is 26.8 Å². The highest BCUT2D eigenvalue weighted by atomic mass is 19.3. The molecule has 0 aliphatic heterocycles. The molecular formula is C11H22F4N4O2. The number of nitrogens with zero attached hydrogens (tertiary/aromatic N) is 1. The molecule has 0 aromatic rings. The first-order valence-corrected chi connectivity index (χ1v) is 6.48. The van der Waals surface area contributed by atoms with Crippen molar-refractivity contribution in [2.24, 2.45) is 11.5 Å². The van der Waals surface area contributed by atoms with Crippen LogP contribution in [0.25, 0.3) is 0 Å². The largest absolute Gasteiger partial charge is 0.465 e. The molecule has 0 radical (unpaired) electrons. The minimum atomic E-state index is -3.28. The molecule has 0 fully saturated rings. The van der Waals surface area contributed by atoms with Gasteiger partial charge in [0.15, 0.2) is 0 Å². The van der Waals surface area contributed by atoms with Crippen LogP contribution in [0.4, 0.5) is 22.4 Å². The summed E-state index contributed by atoms with van der Waals surface area (Å²) in [6.45, 7) is -3.14. The molecule has 0 rings (SSSR count). The van der Waals surface area contributed by atoms with E-state index in [2.05, 4.69) is 5.32 Å². The number of carboxylic acid groups (broad SMARTS) is 1. The second-order valence-corrected chi connectivity index (χ2v) is 4.71. The zero-order valence-corrected chi connectivity index (χ0v) is 11.6. The molecule has 21 heavy (non-hydrogen) atoms. The van der Waals surface area contributed by atoms with Gasteiger partial charge in [-0.25, -0.2) is 22.4 Å². The quantitative estimate of drug-likeness (QED) is 0.328. The van der Waals surface area contributed by atoms with Crippen LogP contribution < -0.4 is 16.8 Å². The number of unbranched alkanes of at least 4 members (excludes halogenated alkanes) is 1. The molecule has 0 aliphatic rings. The van der Waals surface area contributed by atoms with E-state index in [0.717, 1.165) is 0 Å². The third-order valence-electron chi connectivity index (χ3n) is 2.71. The lowest BCUT2D eigenvalue weighted by atomic mass is 10.2. The molecule has 0 aliphatic carbocycles. The highest BCUT2D eigenvalue weighted by Gasteiger charge is 2.31. The van der Waals surface area contributed by atoms with Crippen molar-refractivity contribution in [1.82, 2.24) is 10.2 Å². The fraction of sp³-hybridized carbons (Fsp3) is 0.909. The first-order valence-electron chi connectivity index (χ1n) is 6.48. The number of hydrogen-bond acceptors (Lipinski definition) is 4. The Bertz CT molecular complexity index is 319. The Kier molecular flexibility index (Phi) is 8.52. The van der Waals surface area contributed by atoms with E-state index in [1.165, 1.54) is 0 Å². The zero-order valence-electron chi connectivity index (χ0n) is 11.6. The molecule has 0 aromatic carbocycles. The first-order chi connectivity index (χ1) is 9.63. The predicted molar refractivity (Wildman–Crippen MR) is 69.7 cm³/mol. The number of halogens is 4. The number of nitrogens with two attached hydrogens (primary N) is 2. The van der Waals surface area contributed by atoms with Crippen LogP contribution in [0, 0.1) is 0 Å². The SMILES string of the molecule is NCC(F)(F)CNCCCCN(CC(F)(F)CN)C(=O)O. The molecule has 6 N–H and O–H groups in total. The van der Waals surface area contributed by atoms with Crippen molar-refractivity contribution in [3.8, 4) is 0 Å². The maximum Gasteiger partial charge on any atom is 0.407 e. The Morgan fingerprint density at radius 2 is 1.67 bits per heavy atom. The number of alkyl halides is 4. The van der Waals surface area contributed by atoms with E-state index in [1.54, 1.807) is 0 Å². The summed E-state index contributed by atoms with van der Waals surface area (Å²) in [5.41, 5.74) is 9.69. The Labute approximate surface area is 120 Å². The molecule has 0 unspecified atom stereocenters. The summed E-state index contributed by atoms with van der Waals surface area (Å²) >= 11 is 0. The predicted octanol–water partition coefficient (Wildman–Crippen LogP) is 0.524. The smallest absolute Gasteiger partial charge is 0.407 e. The molecule has 0 bridgehead atoms. The number of carbonyl (C=O) groups is 1. The number of amides is 1. The van der Waals surface area contributed by atoms with Gasteiger partial charge in [-0.3, -0.25) is 0 Å². The molecule has 0 aromatic heterocycles. The lowest BCUT2D eigenvalue weighted by Crippen LogP contribution is -2.44. The van der Waals surface area contributed by atoms with Crippen LogP contribution in [0.2, 0.25) is 0 Å². The maximum atomic E-state index is 13.0. The van der Waals surface area contributed by atoms with Crippen LogP contribution in [0.3, 0.4) is 0 Å². The van der Waals surface area contributed by atoms with Crippen LogP contribution in [0.15, 0.2) is 0 Å². The summed E-state index contributed by atoms with van der Waals surface area (Å²) in [6.07, 6.45) is -0.821. The molecule has 0 saturated carbocycles. The second kappa shape index (κ2) is 9.00. The summed E-state index contributed by atoms with van der Waals surface area (Å²) < 4.78 is 51.6. The minimum absolute atomic E-state index is 0.111. The molecule has 126 valence electrons. The van der Waals surface area contributed by atoms with E-state index in [9.17, 15) is 22.4 Å². The van der Waals surface area contributed by atoms with Crippen molar-refractivity contribution in [3.63, 3.8) is 0 Å². The molecule has 10 heteroatoms. The van der Waals surface area contributed by atoms with Crippen molar-refractivity contribution >= 4 is 6.09 Å². The Morgan fingerprint density at radius 3 is 2.14 bits per heavy atom. The number of hydrogen-bond donors (Lipinski definition) is 4. The molecular weight excluding hydrogens is 296 g/mol. The lowest BCUT2D eigenvalue weighted by molar-refractivity contribution is -0.0197. The highest BCUT2D eigenvalue weighted by Crippen LogP contribution is 2.14. The number of rotatable bonds is 11. The van der Waals surface area contributed by atoms with Crippen molar-refractivity contribution in [2.75, 3.05) is 39.3 Å². The van der Waals surface area contributed by atoms with Crippen molar-refractivity contribution in [2.45, 2.75) is 24.7 Å². The van der Waals surface area contributed by atoms with E-state index >= 15 is 0 Å². The van der Waals surface area contributed by atoms with Gasteiger partial charge in [-0.05, 0) is 19.4 Å². The van der Waals surface area contributed by atoms with E-state index in [-0.39, 0.29) is 19.5 Å². The van der Waals surface area contributed by atoms with Gasteiger partial charge in [-0.1, -0.05) is 0 Å². The summed E-state index contributed by atoms with van der Waals surface area (Å²) in [5, 5.41) is 11.3. The standard InChI is InChI=1S/C11H22F4N4O2/c12-10(13,5-16)7-18-3-1-2-4-19(9(20)21)8-11(14,15)6-17/h18H,1-8,16-17H2,(H,20,21). The Balaban J connectivity index is 3.93. The zero-order chi connectivity index (χ0) is 16.5. The van der Waals surface area contributed by atoms with Gasteiger partial charge in [-0.15, -0.1) is 0 Å². The highest BCUT2D eigenvalue weighted by molar-refractivity contribution is 5.65. The van der Waals surface area contributed by atoms with Crippen LogP contribution in [0.5, 0.6) is 0 Å². The molecule has 6 nitrogen and oxygen atoms in total. The third-order valence-corrected chi connectivity index (χ3v) is 2.71. The maximum absolute atomic E-state index is 13.0. The average Bonchev–Trinajstić information content (AvgIpc) is 2.41. The number of nitrogens with one attached hydrogen (secondary N) is 1. The molecule has 1 amide bonds. The fourth-order valence-electron chi connectivity index (χ4n) is 1.48. The average molecular weight is 318 g/mol. The van der Waals surface area contributed by atoms with Gasteiger partial charge in [0.25, 0.3) is 11.8 Å². The van der Waals surface area contributed by atoms with E-state index in [0.29, 0.717) is 11.3 Å². The first kappa shape index (κ1) is 19.9. The third kappa shape index (κ3) is 9.43. The fourth-order valence-corrected chi connectivity index (χ4v) is 1.48. The van der Waals surface area contributed by atoms with E-state index in [4.69, 9.17) is 16.6 Å². The monoisotopic (exact) mass is 318 g/mol. The van der Waals surface area contributed by atoms with E-state index < -0.39 is 44.1 Å². The topological polar surface area (TPSA) is 105 Å². The summed E-state index contributed by atoms with van der Waals surface area (Å²) in [6, 6.07) is 0. The van der Waals surface area contributed by atoms with Crippen molar-refractivity contribution in [1.29, 1.82) is 0 Å². The van der Waals surface area contributed by atoms with Crippen molar-refractivity contribution < 1.29 is 27.5 Å². The van der Waals surface area contributed by atoms with Gasteiger partial charge in [-0.2, -0.15) is 0 Å². The van der Waals surface area contributed by atoms with Gasteiger partial charge >= 0.3 is 6.09 Å². The molecule has 0 saturated heterocycles. The minimum Gasteiger partial charge on any atom is -0.465 e. The molecule has 0 spiro atoms. The van der Waals surface area contributed by atoms with Crippen LogP contribution in [-0.4, -0.2) is 67.2 Å². The van der Waals surface area contributed by atoms with Gasteiger partial charge in [0, 0.05) is 6.54 Å². The summed E-state index contributed by atoms with van der Waals surface area (Å²) in [4.78, 5) is 11.4. The van der Waals surface area contributed by atoms with Gasteiger partial charge in [0.2, 0.25) is 0 Å².